The smallest absolute Gasteiger partial charge is 0.160 e. The van der Waals surface area contributed by atoms with Gasteiger partial charge in [0.2, 0.25) is 0 Å². The number of furan rings is 2. The molecule has 11 rings (SSSR count). The molecule has 0 saturated carbocycles. The lowest BCUT2D eigenvalue weighted by Crippen LogP contribution is -1.97. The first-order chi connectivity index (χ1) is 27.7. The summed E-state index contributed by atoms with van der Waals surface area (Å²) >= 11 is 0. The molecule has 0 bridgehead atoms. The Labute approximate surface area is 323 Å². The first kappa shape index (κ1) is 31.9. The second-order valence-corrected chi connectivity index (χ2v) is 14.1. The van der Waals surface area contributed by atoms with Gasteiger partial charge >= 0.3 is 0 Å². The second-order valence-electron chi connectivity index (χ2n) is 14.1. The van der Waals surface area contributed by atoms with Crippen molar-refractivity contribution in [2.45, 2.75) is 0 Å². The summed E-state index contributed by atoms with van der Waals surface area (Å²) < 4.78 is 12.5. The summed E-state index contributed by atoms with van der Waals surface area (Å²) in [6.07, 6.45) is 0. The Kier molecular flexibility index (Phi) is 7.46. The van der Waals surface area contributed by atoms with Crippen LogP contribution in [0, 0.1) is 0 Å². The fourth-order valence-corrected chi connectivity index (χ4v) is 8.14. The van der Waals surface area contributed by atoms with Crippen molar-refractivity contribution in [3.05, 3.63) is 194 Å². The lowest BCUT2D eigenvalue weighted by molar-refractivity contribution is 0.668. The van der Waals surface area contributed by atoms with Crippen LogP contribution in [0.1, 0.15) is 0 Å². The molecule has 0 amide bonds. The van der Waals surface area contributed by atoms with Crippen molar-refractivity contribution in [3.8, 4) is 67.3 Å². The Balaban J connectivity index is 1.10. The molecule has 0 atom stereocenters. The SMILES string of the molecule is c1ccc(-c2ccccc2-c2cc(-c3cccc(-c4cccc5oc6ccccc6c45)c3)nc(-c3cccc(-c4cccc5oc6ccccc6c45)c3)n2)cc1. The molecular weight excluding hydrogens is 685 g/mol. The van der Waals surface area contributed by atoms with Gasteiger partial charge in [0.25, 0.3) is 0 Å². The third kappa shape index (κ3) is 5.39. The molecule has 3 heterocycles. The highest BCUT2D eigenvalue weighted by atomic mass is 16.3. The molecule has 0 N–H and O–H groups in total. The van der Waals surface area contributed by atoms with E-state index in [1.165, 1.54) is 0 Å². The van der Waals surface area contributed by atoms with Crippen molar-refractivity contribution in [2.75, 3.05) is 0 Å². The normalized spacial score (nSPS) is 11.6. The zero-order chi connectivity index (χ0) is 37.0. The minimum atomic E-state index is 0.653. The Morgan fingerprint density at radius 1 is 0.286 bits per heavy atom. The third-order valence-electron chi connectivity index (χ3n) is 10.7. The van der Waals surface area contributed by atoms with Gasteiger partial charge in [-0.2, -0.15) is 0 Å². The Morgan fingerprint density at radius 3 is 1.39 bits per heavy atom. The van der Waals surface area contributed by atoms with Crippen molar-refractivity contribution >= 4 is 43.9 Å². The highest BCUT2D eigenvalue weighted by Crippen LogP contribution is 2.41. The Bertz CT molecular complexity index is 3090. The van der Waals surface area contributed by atoms with E-state index in [0.29, 0.717) is 5.82 Å². The van der Waals surface area contributed by atoms with Gasteiger partial charge in [-0.05, 0) is 75.8 Å². The standard InChI is InChI=1S/C52H32N2O2/c1-2-14-33(15-3-1)38-20-4-5-21-41(38)45-32-44(36-18-10-16-34(30-36)39-24-12-28-48-50(39)42-22-6-8-26-46(42)55-48)53-52(54-45)37-19-11-17-35(31-37)40-25-13-29-49-51(40)43-23-7-9-27-47(43)56-49/h1-32H. The van der Waals surface area contributed by atoms with Gasteiger partial charge in [0, 0.05) is 38.2 Å². The maximum absolute atomic E-state index is 6.26. The van der Waals surface area contributed by atoms with Crippen LogP contribution in [0.3, 0.4) is 0 Å². The molecule has 262 valence electrons. The van der Waals surface area contributed by atoms with E-state index in [0.717, 1.165) is 105 Å². The van der Waals surface area contributed by atoms with E-state index in [-0.39, 0.29) is 0 Å². The topological polar surface area (TPSA) is 52.1 Å². The number of para-hydroxylation sites is 2. The zero-order valence-corrected chi connectivity index (χ0v) is 30.2. The molecule has 0 saturated heterocycles. The summed E-state index contributed by atoms with van der Waals surface area (Å²) in [5.41, 5.74) is 14.8. The van der Waals surface area contributed by atoms with Gasteiger partial charge in [-0.3, -0.25) is 0 Å². The molecule has 0 aliphatic rings. The van der Waals surface area contributed by atoms with E-state index in [9.17, 15) is 0 Å². The van der Waals surface area contributed by atoms with Crippen molar-refractivity contribution in [1.82, 2.24) is 9.97 Å². The van der Waals surface area contributed by atoms with E-state index >= 15 is 0 Å². The van der Waals surface area contributed by atoms with Crippen LogP contribution < -0.4 is 0 Å². The predicted molar refractivity (Wildman–Crippen MR) is 229 cm³/mol. The fourth-order valence-electron chi connectivity index (χ4n) is 8.14. The van der Waals surface area contributed by atoms with Crippen molar-refractivity contribution in [3.63, 3.8) is 0 Å². The lowest BCUT2D eigenvalue weighted by Gasteiger charge is -2.14. The summed E-state index contributed by atoms with van der Waals surface area (Å²) in [6.45, 7) is 0. The zero-order valence-electron chi connectivity index (χ0n) is 30.2. The summed E-state index contributed by atoms with van der Waals surface area (Å²) in [7, 11) is 0. The molecule has 4 heteroatoms. The van der Waals surface area contributed by atoms with E-state index in [2.05, 4.69) is 152 Å². The van der Waals surface area contributed by atoms with Crippen LogP contribution in [-0.2, 0) is 0 Å². The van der Waals surface area contributed by atoms with Gasteiger partial charge in [-0.25, -0.2) is 9.97 Å². The van der Waals surface area contributed by atoms with E-state index in [1.807, 2.05) is 42.5 Å². The summed E-state index contributed by atoms with van der Waals surface area (Å²) in [6, 6.07) is 67.3. The van der Waals surface area contributed by atoms with Gasteiger partial charge in [0.1, 0.15) is 22.3 Å². The molecule has 0 radical (unpaired) electrons. The number of rotatable bonds is 6. The summed E-state index contributed by atoms with van der Waals surface area (Å²) in [5, 5.41) is 4.41. The van der Waals surface area contributed by atoms with Gasteiger partial charge in [0.05, 0.1) is 11.4 Å². The van der Waals surface area contributed by atoms with Gasteiger partial charge < -0.3 is 8.83 Å². The molecule has 4 nitrogen and oxygen atoms in total. The van der Waals surface area contributed by atoms with Crippen molar-refractivity contribution in [1.29, 1.82) is 0 Å². The van der Waals surface area contributed by atoms with E-state index in [4.69, 9.17) is 18.8 Å². The quantitative estimate of drug-likeness (QED) is 0.172. The number of aromatic nitrogens is 2. The van der Waals surface area contributed by atoms with E-state index < -0.39 is 0 Å². The van der Waals surface area contributed by atoms with Crippen LogP contribution in [-0.4, -0.2) is 9.97 Å². The molecule has 3 aromatic heterocycles. The first-order valence-corrected chi connectivity index (χ1v) is 18.8. The van der Waals surface area contributed by atoms with Crippen LogP contribution in [0.5, 0.6) is 0 Å². The minimum Gasteiger partial charge on any atom is -0.456 e. The van der Waals surface area contributed by atoms with Crippen molar-refractivity contribution in [2.24, 2.45) is 0 Å². The predicted octanol–water partition coefficient (Wildman–Crippen LogP) is 14.3. The van der Waals surface area contributed by atoms with Crippen LogP contribution >= 0.6 is 0 Å². The molecule has 0 fully saturated rings. The number of fused-ring (bicyclic) bond motifs is 6. The van der Waals surface area contributed by atoms with Gasteiger partial charge in [-0.1, -0.05) is 152 Å². The maximum Gasteiger partial charge on any atom is 0.160 e. The lowest BCUT2D eigenvalue weighted by atomic mass is 9.95. The molecule has 0 aliphatic carbocycles. The maximum atomic E-state index is 6.26. The molecular formula is C52H32N2O2. The summed E-state index contributed by atoms with van der Waals surface area (Å²) in [4.78, 5) is 10.7. The molecule has 56 heavy (non-hydrogen) atoms. The average molecular weight is 717 g/mol. The minimum absolute atomic E-state index is 0.653. The number of hydrogen-bond acceptors (Lipinski definition) is 4. The Morgan fingerprint density at radius 2 is 0.732 bits per heavy atom. The van der Waals surface area contributed by atoms with Crippen LogP contribution in [0.15, 0.2) is 203 Å². The fraction of sp³-hybridized carbons (Fsp3) is 0. The number of nitrogens with zero attached hydrogens (tertiary/aromatic N) is 2. The second kappa shape index (κ2) is 13.1. The molecule has 0 unspecified atom stereocenters. The monoisotopic (exact) mass is 716 g/mol. The third-order valence-corrected chi connectivity index (χ3v) is 10.7. The molecule has 11 aromatic rings. The van der Waals surface area contributed by atoms with Gasteiger partial charge in [0.15, 0.2) is 5.82 Å². The van der Waals surface area contributed by atoms with Crippen LogP contribution in [0.4, 0.5) is 0 Å². The molecule has 8 aromatic carbocycles. The van der Waals surface area contributed by atoms with Crippen LogP contribution in [0.2, 0.25) is 0 Å². The van der Waals surface area contributed by atoms with Crippen molar-refractivity contribution < 1.29 is 8.83 Å². The largest absolute Gasteiger partial charge is 0.456 e. The highest BCUT2D eigenvalue weighted by Gasteiger charge is 2.18. The average Bonchev–Trinajstić information content (AvgIpc) is 3.85. The molecule has 0 aliphatic heterocycles. The summed E-state index contributed by atoms with van der Waals surface area (Å²) in [5.74, 6) is 0.653. The van der Waals surface area contributed by atoms with Crippen LogP contribution in [0.25, 0.3) is 111 Å². The highest BCUT2D eigenvalue weighted by molar-refractivity contribution is 6.13. The number of benzene rings is 8. The first-order valence-electron chi connectivity index (χ1n) is 18.8. The van der Waals surface area contributed by atoms with Gasteiger partial charge in [-0.15, -0.1) is 0 Å². The Hall–Kier alpha value is -7.56. The number of hydrogen-bond donors (Lipinski definition) is 0. The molecule has 0 spiro atoms. The van der Waals surface area contributed by atoms with E-state index in [1.54, 1.807) is 0 Å².